The number of imidazole rings is 1. The third-order valence-electron chi connectivity index (χ3n) is 5.11. The number of nitrogens with zero attached hydrogens (tertiary/aromatic N) is 2. The molecule has 1 saturated carbocycles. The van der Waals surface area contributed by atoms with Crippen LogP contribution in [0.25, 0.3) is 0 Å². The zero-order valence-electron chi connectivity index (χ0n) is 17.5. The molecule has 0 saturated heterocycles. The van der Waals surface area contributed by atoms with Crippen LogP contribution in [0, 0.1) is 5.92 Å². The number of nitrogens with one attached hydrogen (secondary N) is 2. The fourth-order valence-corrected chi connectivity index (χ4v) is 4.79. The Hall–Kier alpha value is -2.68. The Bertz CT molecular complexity index is 891. The molecule has 8 nitrogen and oxygen atoms in total. The van der Waals surface area contributed by atoms with E-state index in [0.717, 1.165) is 24.8 Å². The third-order valence-corrected chi connectivity index (χ3v) is 6.06. The molecule has 1 fully saturated rings. The average molecular weight is 433 g/mol. The molecular weight excluding hydrogens is 404 g/mol. The number of carbonyl (C=O) groups is 3. The second-order valence-electron chi connectivity index (χ2n) is 7.83. The lowest BCUT2D eigenvalue weighted by atomic mass is 10.0. The molecule has 3 rings (SSSR count). The maximum Gasteiger partial charge on any atom is 0.341 e. The third kappa shape index (κ3) is 5.08. The van der Waals surface area contributed by atoms with Crippen molar-refractivity contribution in [2.75, 3.05) is 11.9 Å². The van der Waals surface area contributed by atoms with Crippen LogP contribution in [-0.4, -0.2) is 40.0 Å². The Labute approximate surface area is 180 Å². The molecule has 2 aromatic heterocycles. The van der Waals surface area contributed by atoms with Gasteiger partial charge in [0, 0.05) is 12.4 Å². The van der Waals surface area contributed by atoms with E-state index in [2.05, 4.69) is 29.5 Å². The second-order valence-corrected chi connectivity index (χ2v) is 8.71. The van der Waals surface area contributed by atoms with Gasteiger partial charge in [-0.3, -0.25) is 9.59 Å². The fourth-order valence-electron chi connectivity index (χ4n) is 3.83. The molecule has 0 aromatic carbocycles. The van der Waals surface area contributed by atoms with Gasteiger partial charge in [-0.2, -0.15) is 0 Å². The van der Waals surface area contributed by atoms with Gasteiger partial charge in [-0.25, -0.2) is 9.78 Å². The van der Waals surface area contributed by atoms with Gasteiger partial charge in [0.15, 0.2) is 0 Å². The Morgan fingerprint density at radius 2 is 2.10 bits per heavy atom. The van der Waals surface area contributed by atoms with Gasteiger partial charge >= 0.3 is 17.8 Å². The highest BCUT2D eigenvalue weighted by Crippen LogP contribution is 2.32. The normalized spacial score (nSPS) is 18.4. The van der Waals surface area contributed by atoms with Crippen LogP contribution in [0.3, 0.4) is 0 Å². The molecule has 2 heterocycles. The summed E-state index contributed by atoms with van der Waals surface area (Å²) in [4.78, 5) is 41.6. The number of hydrogen-bond donors (Lipinski definition) is 2. The first kappa shape index (κ1) is 22.0. The van der Waals surface area contributed by atoms with Crippen LogP contribution in [0.4, 0.5) is 5.00 Å². The van der Waals surface area contributed by atoms with Crippen molar-refractivity contribution in [3.05, 3.63) is 35.2 Å². The molecule has 2 atom stereocenters. The quantitative estimate of drug-likeness (QED) is 0.517. The number of hydrogen-bond acceptors (Lipinski definition) is 6. The summed E-state index contributed by atoms with van der Waals surface area (Å²) in [6.45, 7) is 6.07. The van der Waals surface area contributed by atoms with Gasteiger partial charge in [-0.05, 0) is 49.5 Å². The maximum atomic E-state index is 12.6. The van der Waals surface area contributed by atoms with Crippen LogP contribution in [0.1, 0.15) is 62.0 Å². The molecule has 0 spiro atoms. The number of ether oxygens (including phenoxy) is 1. The summed E-state index contributed by atoms with van der Waals surface area (Å²) in [6, 6.07) is -0.0551. The van der Waals surface area contributed by atoms with Gasteiger partial charge in [0.05, 0.1) is 30.6 Å². The summed E-state index contributed by atoms with van der Waals surface area (Å²) in [5.41, 5.74) is 1.16. The van der Waals surface area contributed by atoms with Crippen LogP contribution < -0.4 is 10.6 Å². The smallest absolute Gasteiger partial charge is 0.341 e. The van der Waals surface area contributed by atoms with E-state index in [1.807, 2.05) is 16.1 Å². The average Bonchev–Trinajstić information content (AvgIpc) is 3.42. The first-order valence-electron chi connectivity index (χ1n) is 10.3. The number of thiophene rings is 1. The monoisotopic (exact) mass is 432 g/mol. The van der Waals surface area contributed by atoms with Gasteiger partial charge < -0.3 is 19.9 Å². The molecule has 0 radical (unpaired) electrons. The molecule has 1 aliphatic carbocycles. The molecule has 162 valence electrons. The minimum absolute atomic E-state index is 0.0822. The van der Waals surface area contributed by atoms with Crippen molar-refractivity contribution in [3.8, 4) is 0 Å². The minimum Gasteiger partial charge on any atom is -0.462 e. The van der Waals surface area contributed by atoms with E-state index >= 15 is 0 Å². The lowest BCUT2D eigenvalue weighted by Gasteiger charge is -2.21. The predicted octanol–water partition coefficient (Wildman–Crippen LogP) is 3.17. The number of anilines is 1. The number of aromatic nitrogens is 2. The highest BCUT2D eigenvalue weighted by molar-refractivity contribution is 7.15. The summed E-state index contributed by atoms with van der Waals surface area (Å²) in [5.74, 6) is -1.64. The van der Waals surface area contributed by atoms with Crippen molar-refractivity contribution >= 4 is 34.1 Å². The lowest BCUT2D eigenvalue weighted by molar-refractivity contribution is -0.136. The van der Waals surface area contributed by atoms with E-state index in [9.17, 15) is 14.4 Å². The minimum atomic E-state index is -0.783. The van der Waals surface area contributed by atoms with E-state index < -0.39 is 17.8 Å². The Morgan fingerprint density at radius 3 is 2.77 bits per heavy atom. The van der Waals surface area contributed by atoms with Crippen molar-refractivity contribution in [1.29, 1.82) is 0 Å². The molecule has 2 aromatic rings. The lowest BCUT2D eigenvalue weighted by Crippen LogP contribution is -2.43. The van der Waals surface area contributed by atoms with E-state index in [0.29, 0.717) is 22.9 Å². The highest BCUT2D eigenvalue weighted by atomic mass is 32.1. The summed E-state index contributed by atoms with van der Waals surface area (Å²) >= 11 is 1.23. The topological polar surface area (TPSA) is 102 Å². The standard InChI is InChI=1S/C21H28N4O4S/c1-4-29-21(28)17-14(10-13(2)3)11-30-20(17)24-19(27)18(26)23-15-6-5-7-16(15)25-9-8-22-12-25/h8-9,11-13,15-16H,4-7,10H2,1-3H3,(H,23,26)(H,24,27)/t15-,16-/m1/s1. The van der Waals surface area contributed by atoms with Gasteiger partial charge in [-0.15, -0.1) is 11.3 Å². The van der Waals surface area contributed by atoms with Crippen molar-refractivity contribution in [1.82, 2.24) is 14.9 Å². The first-order chi connectivity index (χ1) is 14.4. The molecule has 30 heavy (non-hydrogen) atoms. The van der Waals surface area contributed by atoms with Gasteiger partial charge in [0.2, 0.25) is 0 Å². The number of amides is 2. The predicted molar refractivity (Wildman–Crippen MR) is 114 cm³/mol. The van der Waals surface area contributed by atoms with Crippen molar-refractivity contribution in [2.24, 2.45) is 5.92 Å². The summed E-state index contributed by atoms with van der Waals surface area (Å²) in [7, 11) is 0. The van der Waals surface area contributed by atoms with E-state index in [-0.39, 0.29) is 18.7 Å². The summed E-state index contributed by atoms with van der Waals surface area (Å²) in [6.07, 6.45) is 8.65. The van der Waals surface area contributed by atoms with Gasteiger partial charge in [0.1, 0.15) is 5.00 Å². The number of carbonyl (C=O) groups excluding carboxylic acids is 3. The van der Waals surface area contributed by atoms with Crippen molar-refractivity contribution < 1.29 is 19.1 Å². The summed E-state index contributed by atoms with van der Waals surface area (Å²) < 4.78 is 7.13. The molecule has 1 aliphatic rings. The maximum absolute atomic E-state index is 12.6. The van der Waals surface area contributed by atoms with E-state index in [4.69, 9.17) is 4.74 Å². The molecule has 0 bridgehead atoms. The highest BCUT2D eigenvalue weighted by Gasteiger charge is 2.32. The molecule has 9 heteroatoms. The van der Waals surface area contributed by atoms with Crippen LogP contribution in [0.2, 0.25) is 0 Å². The second kappa shape index (κ2) is 9.88. The summed E-state index contributed by atoms with van der Waals surface area (Å²) in [5, 5.41) is 7.64. The van der Waals surface area contributed by atoms with Crippen LogP contribution >= 0.6 is 11.3 Å². The molecular formula is C21H28N4O4S. The van der Waals surface area contributed by atoms with Crippen molar-refractivity contribution in [2.45, 2.75) is 58.5 Å². The van der Waals surface area contributed by atoms with Gasteiger partial charge in [0.25, 0.3) is 0 Å². The van der Waals surface area contributed by atoms with Crippen LogP contribution in [-0.2, 0) is 20.7 Å². The SMILES string of the molecule is CCOC(=O)c1c(CC(C)C)csc1NC(=O)C(=O)N[C@@H]1CCC[C@H]1n1ccnc1. The fraction of sp³-hybridized carbons (Fsp3) is 0.524. The largest absolute Gasteiger partial charge is 0.462 e. The Kier molecular flexibility index (Phi) is 7.25. The molecule has 0 aliphatic heterocycles. The van der Waals surface area contributed by atoms with Gasteiger partial charge in [-0.1, -0.05) is 13.8 Å². The zero-order chi connectivity index (χ0) is 21.7. The van der Waals surface area contributed by atoms with Crippen LogP contribution in [0.5, 0.6) is 0 Å². The Balaban J connectivity index is 1.69. The number of esters is 1. The van der Waals surface area contributed by atoms with Crippen molar-refractivity contribution in [3.63, 3.8) is 0 Å². The number of rotatable bonds is 7. The van der Waals surface area contributed by atoms with E-state index in [1.165, 1.54) is 11.3 Å². The Morgan fingerprint density at radius 1 is 1.30 bits per heavy atom. The first-order valence-corrected chi connectivity index (χ1v) is 11.1. The zero-order valence-corrected chi connectivity index (χ0v) is 18.3. The molecule has 0 unspecified atom stereocenters. The molecule has 2 N–H and O–H groups in total. The molecule has 2 amide bonds. The van der Waals surface area contributed by atoms with E-state index in [1.54, 1.807) is 19.4 Å². The van der Waals surface area contributed by atoms with Crippen LogP contribution in [0.15, 0.2) is 24.1 Å².